The minimum Gasteiger partial charge on any atom is -0.481 e. The number of rotatable bonds is 10. The average Bonchev–Trinajstić information content (AvgIpc) is 2.86. The number of hydrogen-bond donors (Lipinski definition) is 1. The molecule has 0 saturated carbocycles. The fourth-order valence-electron chi connectivity index (χ4n) is 4.51. The van der Waals surface area contributed by atoms with Crippen molar-refractivity contribution in [2.75, 3.05) is 0 Å². The van der Waals surface area contributed by atoms with Crippen molar-refractivity contribution >= 4 is 14.2 Å². The van der Waals surface area contributed by atoms with E-state index in [0.29, 0.717) is 23.0 Å². The summed E-state index contributed by atoms with van der Waals surface area (Å²) in [5.41, 5.74) is 3.52. The van der Waals surface area contributed by atoms with Gasteiger partial charge in [-0.3, -0.25) is 4.79 Å². The summed E-state index contributed by atoms with van der Waals surface area (Å²) in [6.45, 7) is 14.3. The molecular weight excluding hydrogens is 302 g/mol. The highest BCUT2D eigenvalue weighted by Gasteiger charge is 2.44. The zero-order chi connectivity index (χ0) is 17.6. The molecule has 0 bridgehead atoms. The molecule has 132 valence electrons. The van der Waals surface area contributed by atoms with Gasteiger partial charge in [0.05, 0.1) is 0 Å². The third-order valence-corrected chi connectivity index (χ3v) is 12.1. The highest BCUT2D eigenvalue weighted by atomic mass is 28.3. The lowest BCUT2D eigenvalue weighted by Crippen LogP contribution is -2.51. The first kappa shape index (κ1) is 20.0. The van der Waals surface area contributed by atoms with Crippen LogP contribution in [0.25, 0.3) is 0 Å². The molecular formula is C19H35NO2Si. The molecule has 0 aromatic carbocycles. The molecule has 0 saturated heterocycles. The molecule has 0 radical (unpaired) electrons. The van der Waals surface area contributed by atoms with Gasteiger partial charge in [-0.15, -0.1) is 0 Å². The monoisotopic (exact) mass is 337 g/mol. The van der Waals surface area contributed by atoms with E-state index in [-0.39, 0.29) is 0 Å². The van der Waals surface area contributed by atoms with Gasteiger partial charge in [0, 0.05) is 6.42 Å². The number of aromatic nitrogens is 1. The van der Waals surface area contributed by atoms with Crippen molar-refractivity contribution in [2.45, 2.75) is 90.3 Å². The molecule has 1 rings (SSSR count). The van der Waals surface area contributed by atoms with Crippen LogP contribution in [-0.4, -0.2) is 23.5 Å². The third-order valence-electron chi connectivity index (χ3n) is 5.33. The van der Waals surface area contributed by atoms with Crippen LogP contribution >= 0.6 is 0 Å². The molecule has 0 atom stereocenters. The molecule has 23 heavy (non-hydrogen) atoms. The van der Waals surface area contributed by atoms with Crippen LogP contribution in [0.1, 0.15) is 72.8 Å². The normalized spacial score (nSPS) is 12.6. The Morgan fingerprint density at radius 3 is 2.09 bits per heavy atom. The molecule has 0 fully saturated rings. The lowest BCUT2D eigenvalue weighted by Gasteiger charge is -2.44. The van der Waals surface area contributed by atoms with Gasteiger partial charge in [0.2, 0.25) is 0 Å². The first-order chi connectivity index (χ1) is 10.7. The van der Waals surface area contributed by atoms with Gasteiger partial charge in [0.15, 0.2) is 8.24 Å². The smallest absolute Gasteiger partial charge is 0.303 e. The summed E-state index contributed by atoms with van der Waals surface area (Å²) >= 11 is 0. The van der Waals surface area contributed by atoms with E-state index in [0.717, 1.165) is 25.7 Å². The fraction of sp³-hybridized carbons (Fsp3) is 0.737. The lowest BCUT2D eigenvalue weighted by atomic mass is 10.1. The van der Waals surface area contributed by atoms with Crippen molar-refractivity contribution in [3.8, 4) is 0 Å². The van der Waals surface area contributed by atoms with E-state index in [1.54, 1.807) is 0 Å². The van der Waals surface area contributed by atoms with Crippen molar-refractivity contribution in [3.05, 3.63) is 24.0 Å². The van der Waals surface area contributed by atoms with Crippen molar-refractivity contribution in [1.82, 2.24) is 4.23 Å². The van der Waals surface area contributed by atoms with Crippen molar-refractivity contribution in [3.63, 3.8) is 0 Å². The van der Waals surface area contributed by atoms with Gasteiger partial charge in [-0.25, -0.2) is 0 Å². The predicted molar refractivity (Wildman–Crippen MR) is 101 cm³/mol. The lowest BCUT2D eigenvalue weighted by molar-refractivity contribution is -0.137. The molecule has 0 aliphatic rings. The summed E-state index contributed by atoms with van der Waals surface area (Å²) < 4.78 is 2.58. The predicted octanol–water partition coefficient (Wildman–Crippen LogP) is 5.70. The molecule has 0 unspecified atom stereocenters. The number of hydrogen-bond acceptors (Lipinski definition) is 1. The summed E-state index contributed by atoms with van der Waals surface area (Å²) in [4.78, 5) is 10.5. The van der Waals surface area contributed by atoms with E-state index < -0.39 is 14.2 Å². The number of carbonyl (C=O) groups is 1. The van der Waals surface area contributed by atoms with E-state index in [1.165, 1.54) is 5.56 Å². The van der Waals surface area contributed by atoms with Crippen molar-refractivity contribution in [1.29, 1.82) is 0 Å². The summed E-state index contributed by atoms with van der Waals surface area (Å²) in [6.07, 6.45) is 8.91. The van der Waals surface area contributed by atoms with Crippen LogP contribution in [0.5, 0.6) is 0 Å². The van der Waals surface area contributed by atoms with Crippen LogP contribution in [0.15, 0.2) is 18.5 Å². The van der Waals surface area contributed by atoms with E-state index in [4.69, 9.17) is 5.11 Å². The highest BCUT2D eigenvalue weighted by molar-refractivity contribution is 6.82. The maximum Gasteiger partial charge on any atom is 0.303 e. The van der Waals surface area contributed by atoms with Crippen molar-refractivity contribution in [2.24, 2.45) is 0 Å². The molecule has 1 aromatic rings. The SMILES string of the molecule is CC(C)[Si](C(C)C)(C(C)C)n1ccc(CCCCCC(=O)O)c1. The Morgan fingerprint density at radius 1 is 1.04 bits per heavy atom. The average molecular weight is 338 g/mol. The topological polar surface area (TPSA) is 42.2 Å². The van der Waals surface area contributed by atoms with Gasteiger partial charge in [-0.1, -0.05) is 48.0 Å². The number of carboxylic acids is 1. The number of aryl methyl sites for hydroxylation is 1. The maximum absolute atomic E-state index is 10.5. The van der Waals surface area contributed by atoms with E-state index >= 15 is 0 Å². The summed E-state index contributed by atoms with van der Waals surface area (Å²) in [7, 11) is -1.61. The largest absolute Gasteiger partial charge is 0.481 e. The molecule has 0 spiro atoms. The molecule has 1 heterocycles. The minimum atomic E-state index is -1.61. The standard InChI is InChI=1S/C19H35NO2Si/c1-15(2)23(16(3)4,17(5)6)20-13-12-18(14-20)10-8-7-9-11-19(21)22/h12-17H,7-11H2,1-6H3,(H,21,22). The molecule has 0 aliphatic carbocycles. The van der Waals surface area contributed by atoms with Crippen LogP contribution < -0.4 is 0 Å². The summed E-state index contributed by atoms with van der Waals surface area (Å²) in [5, 5.41) is 8.68. The number of carboxylic acid groups (broad SMARTS) is 1. The summed E-state index contributed by atoms with van der Waals surface area (Å²) in [6, 6.07) is 2.27. The van der Waals surface area contributed by atoms with Gasteiger partial charge >= 0.3 is 5.97 Å². The second-order valence-corrected chi connectivity index (χ2v) is 13.5. The zero-order valence-electron chi connectivity index (χ0n) is 15.8. The molecule has 0 aliphatic heterocycles. The Kier molecular flexibility index (Phi) is 7.58. The Labute approximate surface area is 143 Å². The molecule has 3 nitrogen and oxygen atoms in total. The Morgan fingerprint density at radius 2 is 1.61 bits per heavy atom. The highest BCUT2D eigenvalue weighted by Crippen LogP contribution is 2.42. The third kappa shape index (κ3) is 4.72. The van der Waals surface area contributed by atoms with Crippen LogP contribution in [0, 0.1) is 0 Å². The number of nitrogens with zero attached hydrogens (tertiary/aromatic N) is 1. The Hall–Kier alpha value is -1.03. The van der Waals surface area contributed by atoms with Gasteiger partial charge in [0.25, 0.3) is 0 Å². The second kappa shape index (κ2) is 8.72. The first-order valence-electron chi connectivity index (χ1n) is 9.12. The van der Waals surface area contributed by atoms with E-state index in [2.05, 4.69) is 64.2 Å². The van der Waals surface area contributed by atoms with Gasteiger partial charge in [-0.05, 0) is 59.9 Å². The minimum absolute atomic E-state index is 0.297. The molecule has 1 aromatic heterocycles. The quantitative estimate of drug-likeness (QED) is 0.439. The van der Waals surface area contributed by atoms with E-state index in [1.807, 2.05) is 0 Å². The van der Waals surface area contributed by atoms with Crippen LogP contribution in [0.4, 0.5) is 0 Å². The molecule has 4 heteroatoms. The fourth-order valence-corrected chi connectivity index (χ4v) is 11.0. The maximum atomic E-state index is 10.5. The molecule has 0 amide bonds. The Balaban J connectivity index is 2.78. The van der Waals surface area contributed by atoms with Crippen LogP contribution in [0.3, 0.4) is 0 Å². The van der Waals surface area contributed by atoms with Crippen LogP contribution in [0.2, 0.25) is 16.6 Å². The van der Waals surface area contributed by atoms with Gasteiger partial charge in [-0.2, -0.15) is 0 Å². The number of aliphatic carboxylic acids is 1. The zero-order valence-corrected chi connectivity index (χ0v) is 16.8. The van der Waals surface area contributed by atoms with Crippen LogP contribution in [-0.2, 0) is 11.2 Å². The van der Waals surface area contributed by atoms with Gasteiger partial charge < -0.3 is 9.34 Å². The molecule has 1 N–H and O–H groups in total. The summed E-state index contributed by atoms with van der Waals surface area (Å²) in [5.74, 6) is -0.683. The van der Waals surface area contributed by atoms with Gasteiger partial charge in [0.1, 0.15) is 0 Å². The van der Waals surface area contributed by atoms with Crippen molar-refractivity contribution < 1.29 is 9.90 Å². The second-order valence-electron chi connectivity index (χ2n) is 7.73. The van der Waals surface area contributed by atoms with E-state index in [9.17, 15) is 4.79 Å². The first-order valence-corrected chi connectivity index (χ1v) is 11.3. The Bertz CT molecular complexity index is 470. The number of unbranched alkanes of at least 4 members (excludes halogenated alkanes) is 2.